The van der Waals surface area contributed by atoms with Gasteiger partial charge in [0.15, 0.2) is 0 Å². The third-order valence-electron chi connectivity index (χ3n) is 0. The third-order valence-corrected chi connectivity index (χ3v) is 0. The van der Waals surface area contributed by atoms with Gasteiger partial charge >= 0.3 is 37.7 Å². The number of hydrogen-bond donors (Lipinski definition) is 0. The molecule has 0 heterocycles. The van der Waals surface area contributed by atoms with Crippen LogP contribution in [0.1, 0.15) is 0 Å². The summed E-state index contributed by atoms with van der Waals surface area (Å²) in [7, 11) is 0. The van der Waals surface area contributed by atoms with E-state index in [0.29, 0.717) is 0 Å². The van der Waals surface area contributed by atoms with Gasteiger partial charge in [-0.25, -0.2) is 0 Å². The first-order valence-corrected chi connectivity index (χ1v) is 0.548. The second-order valence-corrected chi connectivity index (χ2v) is 0.224. The molecule has 0 unspecified atom stereocenters. The van der Waals surface area contributed by atoms with E-state index in [9.17, 15) is 0 Å². The molecule has 0 bridgehead atoms. The first kappa shape index (κ1) is 9.07. The fourth-order valence-electron chi connectivity index (χ4n) is 0. The Hall–Kier alpha value is 0.460. The van der Waals surface area contributed by atoms with E-state index in [1.54, 1.807) is 0 Å². The van der Waals surface area contributed by atoms with Gasteiger partial charge in [0.2, 0.25) is 0 Å². The molecule has 0 aromatic heterocycles. The quantitative estimate of drug-likeness (QED) is 0.232. The largest absolute Gasteiger partial charge is 2.00 e. The van der Waals surface area contributed by atoms with Gasteiger partial charge in [-0.05, 0) is 0 Å². The molecule has 4 nitrogen and oxygen atoms in total. The van der Waals surface area contributed by atoms with Crippen molar-refractivity contribution in [3.63, 3.8) is 0 Å². The van der Waals surface area contributed by atoms with E-state index >= 15 is 0 Å². The Morgan fingerprint density at radius 2 is 1.40 bits per heavy atom. The molecule has 5 heavy (non-hydrogen) atoms. The van der Waals surface area contributed by atoms with Crippen LogP contribution in [0.15, 0.2) is 0 Å². The predicted molar refractivity (Wildman–Crippen MR) is 16.1 cm³/mol. The van der Waals surface area contributed by atoms with Gasteiger partial charge in [-0.1, -0.05) is 0 Å². The summed E-state index contributed by atoms with van der Waals surface area (Å²) in [6.45, 7) is 0. The van der Waals surface area contributed by atoms with Gasteiger partial charge in [-0.15, -0.1) is 0 Å². The zero-order valence-electron chi connectivity index (χ0n) is 2.38. The molecule has 5 heteroatoms. The molecule has 0 saturated heterocycles. The molecule has 0 aromatic rings. The van der Waals surface area contributed by atoms with E-state index in [-0.39, 0.29) is 37.7 Å². The zero-order chi connectivity index (χ0) is 3.58. The Morgan fingerprint density at radius 1 is 1.40 bits per heavy atom. The molecular formula is CaNO3+. The standard InChI is InChI=1S/Ca.NO3/c;2-1(3)4/q+2;-1. The molecule has 0 radical (unpaired) electrons. The Labute approximate surface area is 57.9 Å². The summed E-state index contributed by atoms with van der Waals surface area (Å²) >= 11 is 0. The van der Waals surface area contributed by atoms with Gasteiger partial charge in [0.05, 0.1) is 5.09 Å². The smallest absolute Gasteiger partial charge is 0.356 e. The van der Waals surface area contributed by atoms with E-state index in [1.807, 2.05) is 0 Å². The van der Waals surface area contributed by atoms with Crippen LogP contribution >= 0.6 is 0 Å². The molecule has 0 aliphatic heterocycles. The van der Waals surface area contributed by atoms with Crippen LogP contribution < -0.4 is 0 Å². The fourth-order valence-corrected chi connectivity index (χ4v) is 0. The van der Waals surface area contributed by atoms with Crippen molar-refractivity contribution < 1.29 is 5.09 Å². The van der Waals surface area contributed by atoms with Crippen molar-refractivity contribution in [3.8, 4) is 0 Å². The van der Waals surface area contributed by atoms with Gasteiger partial charge in [0, 0.05) is 0 Å². The van der Waals surface area contributed by atoms with E-state index in [4.69, 9.17) is 15.3 Å². The molecule has 0 saturated carbocycles. The predicted octanol–water partition coefficient (Wildman–Crippen LogP) is -0.620. The fraction of sp³-hybridized carbons (Fsp3) is 0. The Bertz CT molecular complexity index is 29.9. The maximum Gasteiger partial charge on any atom is 2.00 e. The monoisotopic (exact) mass is 102 g/mol. The molecule has 0 amide bonds. The maximum atomic E-state index is 8.25. The summed E-state index contributed by atoms with van der Waals surface area (Å²) in [4.78, 5) is 8.25. The van der Waals surface area contributed by atoms with E-state index < -0.39 is 5.09 Å². The second-order valence-electron chi connectivity index (χ2n) is 0.224. The summed E-state index contributed by atoms with van der Waals surface area (Å²) in [6.07, 6.45) is 0. The van der Waals surface area contributed by atoms with Crippen molar-refractivity contribution in [2.24, 2.45) is 0 Å². The minimum Gasteiger partial charge on any atom is -0.356 e. The van der Waals surface area contributed by atoms with Crippen LogP contribution in [-0.4, -0.2) is 42.8 Å². The van der Waals surface area contributed by atoms with E-state index in [0.717, 1.165) is 0 Å². The van der Waals surface area contributed by atoms with Crippen LogP contribution in [0.25, 0.3) is 0 Å². The van der Waals surface area contributed by atoms with Crippen molar-refractivity contribution in [3.05, 3.63) is 15.3 Å². The van der Waals surface area contributed by atoms with Gasteiger partial charge in [0.25, 0.3) is 0 Å². The summed E-state index contributed by atoms with van der Waals surface area (Å²) in [5.41, 5.74) is 0. The van der Waals surface area contributed by atoms with Crippen LogP contribution in [0.4, 0.5) is 0 Å². The second kappa shape index (κ2) is 4.46. The van der Waals surface area contributed by atoms with Crippen molar-refractivity contribution in [1.29, 1.82) is 0 Å². The van der Waals surface area contributed by atoms with Crippen LogP contribution in [0.3, 0.4) is 0 Å². The molecule has 0 aliphatic carbocycles. The average molecular weight is 102 g/mol. The maximum absolute atomic E-state index is 8.25. The molecule has 0 atom stereocenters. The van der Waals surface area contributed by atoms with Crippen LogP contribution in [-0.2, 0) is 0 Å². The van der Waals surface area contributed by atoms with Crippen LogP contribution in [0.5, 0.6) is 0 Å². The van der Waals surface area contributed by atoms with E-state index in [2.05, 4.69) is 0 Å². The summed E-state index contributed by atoms with van der Waals surface area (Å²) in [6, 6.07) is 0. The van der Waals surface area contributed by atoms with Gasteiger partial charge in [-0.3, -0.25) is 0 Å². The Kier molecular flexibility index (Phi) is 8.09. The molecule has 0 aromatic carbocycles. The SMILES string of the molecule is O=[N+]([O-])[O-].[Ca+2]. The molecule has 0 spiro atoms. The molecule has 0 N–H and O–H groups in total. The number of nitrogens with zero attached hydrogens (tertiary/aromatic N) is 1. The van der Waals surface area contributed by atoms with Crippen molar-refractivity contribution in [2.75, 3.05) is 0 Å². The zero-order valence-corrected chi connectivity index (χ0v) is 4.59. The number of hydrogen-bond acceptors (Lipinski definition) is 3. The topological polar surface area (TPSA) is 66.2 Å². The van der Waals surface area contributed by atoms with Gasteiger partial charge in [-0.2, -0.15) is 0 Å². The summed E-state index contributed by atoms with van der Waals surface area (Å²) in [5.74, 6) is 0. The van der Waals surface area contributed by atoms with Crippen molar-refractivity contribution >= 4 is 37.7 Å². The van der Waals surface area contributed by atoms with Crippen LogP contribution in [0, 0.1) is 15.3 Å². The first-order chi connectivity index (χ1) is 1.73. The minimum atomic E-state index is -1.75. The minimum absolute atomic E-state index is 0. The molecule has 0 rings (SSSR count). The summed E-state index contributed by atoms with van der Waals surface area (Å²) < 4.78 is 0. The van der Waals surface area contributed by atoms with Crippen LogP contribution in [0.2, 0.25) is 0 Å². The summed E-state index contributed by atoms with van der Waals surface area (Å²) in [5, 5.41) is 14.8. The van der Waals surface area contributed by atoms with Gasteiger partial charge in [0.1, 0.15) is 0 Å². The molecular weight excluding hydrogens is 102 g/mol. The normalized spacial score (nSPS) is 4.80. The van der Waals surface area contributed by atoms with Crippen molar-refractivity contribution in [1.82, 2.24) is 0 Å². The first-order valence-electron chi connectivity index (χ1n) is 0.548. The van der Waals surface area contributed by atoms with E-state index in [1.165, 1.54) is 0 Å². The third kappa shape index (κ3) is 128. The van der Waals surface area contributed by atoms with Gasteiger partial charge < -0.3 is 15.3 Å². The molecule has 0 aliphatic rings. The molecule has 24 valence electrons. The average Bonchev–Trinajstić information content (AvgIpc) is 0.811. The Morgan fingerprint density at radius 3 is 1.40 bits per heavy atom. The van der Waals surface area contributed by atoms with Crippen molar-refractivity contribution in [2.45, 2.75) is 0 Å². The number of rotatable bonds is 0. The molecule has 0 fully saturated rings. The Balaban J connectivity index is 0.